The Kier molecular flexibility index (Phi) is 6.11. The van der Waals surface area contributed by atoms with Crippen LogP contribution in [-0.4, -0.2) is 21.2 Å². The highest BCUT2D eigenvalue weighted by Gasteiger charge is 2.19. The highest BCUT2D eigenvalue weighted by Crippen LogP contribution is 2.19. The molecule has 0 aliphatic carbocycles. The van der Waals surface area contributed by atoms with Crippen LogP contribution in [0.25, 0.3) is 11.0 Å². The highest BCUT2D eigenvalue weighted by atomic mass is 35.5. The number of halogens is 1. The average molecular weight is 460 g/mol. The van der Waals surface area contributed by atoms with Crippen LogP contribution in [0.3, 0.4) is 0 Å². The molecular weight excluding hydrogens is 438 g/mol. The molecule has 166 valence electrons. The van der Waals surface area contributed by atoms with E-state index in [2.05, 4.69) is 10.3 Å². The number of ketones is 1. The summed E-state index contributed by atoms with van der Waals surface area (Å²) in [5.74, 6) is -0.758. The SMILES string of the molecule is Cc1ccc(C)c(NC(=O)Cn2cc(C(=O)c3cccc(Cl)c3)c(=O)c3ccc(C)nc32)c1. The third-order valence-corrected chi connectivity index (χ3v) is 5.61. The number of hydrogen-bond acceptors (Lipinski definition) is 4. The molecule has 4 aromatic rings. The summed E-state index contributed by atoms with van der Waals surface area (Å²) in [5.41, 5.74) is 3.53. The Hall–Kier alpha value is -3.77. The summed E-state index contributed by atoms with van der Waals surface area (Å²) < 4.78 is 1.54. The van der Waals surface area contributed by atoms with Crippen molar-refractivity contribution in [3.05, 3.63) is 104 Å². The molecule has 0 saturated carbocycles. The van der Waals surface area contributed by atoms with Gasteiger partial charge in [-0.2, -0.15) is 0 Å². The Labute approximate surface area is 195 Å². The number of hydrogen-bond donors (Lipinski definition) is 1. The van der Waals surface area contributed by atoms with Gasteiger partial charge in [0.25, 0.3) is 0 Å². The number of aromatic nitrogens is 2. The van der Waals surface area contributed by atoms with Crippen LogP contribution in [-0.2, 0) is 11.3 Å². The van der Waals surface area contributed by atoms with Gasteiger partial charge in [0.2, 0.25) is 11.3 Å². The summed E-state index contributed by atoms with van der Waals surface area (Å²) in [6.07, 6.45) is 1.41. The molecule has 6 nitrogen and oxygen atoms in total. The minimum atomic E-state index is -0.464. The number of aryl methyl sites for hydroxylation is 3. The Morgan fingerprint density at radius 2 is 1.82 bits per heavy atom. The van der Waals surface area contributed by atoms with Crippen molar-refractivity contribution in [2.24, 2.45) is 0 Å². The van der Waals surface area contributed by atoms with Gasteiger partial charge in [-0.25, -0.2) is 4.98 Å². The fourth-order valence-corrected chi connectivity index (χ4v) is 3.83. The summed E-state index contributed by atoms with van der Waals surface area (Å²) >= 11 is 6.03. The van der Waals surface area contributed by atoms with Crippen LogP contribution in [0, 0.1) is 20.8 Å². The molecule has 0 fully saturated rings. The molecule has 0 bridgehead atoms. The van der Waals surface area contributed by atoms with Crippen molar-refractivity contribution in [1.29, 1.82) is 0 Å². The van der Waals surface area contributed by atoms with Gasteiger partial charge in [0.05, 0.1) is 10.9 Å². The smallest absolute Gasteiger partial charge is 0.244 e. The molecule has 0 aliphatic rings. The summed E-state index contributed by atoms with van der Waals surface area (Å²) in [6, 6.07) is 15.6. The minimum Gasteiger partial charge on any atom is -0.324 e. The number of carbonyl (C=O) groups excluding carboxylic acids is 2. The highest BCUT2D eigenvalue weighted by molar-refractivity contribution is 6.31. The normalized spacial score (nSPS) is 10.9. The van der Waals surface area contributed by atoms with E-state index in [0.717, 1.165) is 11.1 Å². The lowest BCUT2D eigenvalue weighted by molar-refractivity contribution is -0.116. The maximum absolute atomic E-state index is 13.1. The van der Waals surface area contributed by atoms with E-state index < -0.39 is 11.2 Å². The second-order valence-electron chi connectivity index (χ2n) is 8.03. The molecule has 0 unspecified atom stereocenters. The molecule has 2 aromatic carbocycles. The van der Waals surface area contributed by atoms with Crippen LogP contribution in [0.1, 0.15) is 32.7 Å². The summed E-state index contributed by atoms with van der Waals surface area (Å²) in [6.45, 7) is 5.55. The molecule has 2 aromatic heterocycles. The number of rotatable bonds is 5. The topological polar surface area (TPSA) is 81.1 Å². The van der Waals surface area contributed by atoms with Crippen molar-refractivity contribution < 1.29 is 9.59 Å². The van der Waals surface area contributed by atoms with Gasteiger partial charge in [-0.1, -0.05) is 35.9 Å². The quantitative estimate of drug-likeness (QED) is 0.433. The van der Waals surface area contributed by atoms with Crippen LogP contribution in [0.15, 0.2) is 65.6 Å². The molecule has 33 heavy (non-hydrogen) atoms. The van der Waals surface area contributed by atoms with Gasteiger partial charge in [0.15, 0.2) is 5.78 Å². The Morgan fingerprint density at radius 1 is 1.03 bits per heavy atom. The molecule has 2 heterocycles. The van der Waals surface area contributed by atoms with Crippen molar-refractivity contribution in [1.82, 2.24) is 9.55 Å². The first-order valence-electron chi connectivity index (χ1n) is 10.4. The number of nitrogens with one attached hydrogen (secondary N) is 1. The predicted octanol–water partition coefficient (Wildman–Crippen LogP) is 4.84. The van der Waals surface area contributed by atoms with E-state index in [9.17, 15) is 14.4 Å². The van der Waals surface area contributed by atoms with Gasteiger partial charge < -0.3 is 9.88 Å². The molecule has 4 rings (SSSR count). The van der Waals surface area contributed by atoms with Crippen molar-refractivity contribution in [3.63, 3.8) is 0 Å². The molecule has 0 radical (unpaired) electrons. The molecule has 7 heteroatoms. The molecular formula is C26H22ClN3O3. The van der Waals surface area contributed by atoms with E-state index in [-0.39, 0.29) is 23.4 Å². The fraction of sp³-hybridized carbons (Fsp3) is 0.154. The monoisotopic (exact) mass is 459 g/mol. The first kappa shape index (κ1) is 22.4. The van der Waals surface area contributed by atoms with Crippen molar-refractivity contribution in [3.8, 4) is 0 Å². The number of carbonyl (C=O) groups is 2. The fourth-order valence-electron chi connectivity index (χ4n) is 3.64. The Balaban J connectivity index is 1.78. The second kappa shape index (κ2) is 9.00. The molecule has 0 saturated heterocycles. The Morgan fingerprint density at radius 3 is 2.58 bits per heavy atom. The molecule has 0 aliphatic heterocycles. The minimum absolute atomic E-state index is 0.0463. The number of nitrogens with zero attached hydrogens (tertiary/aromatic N) is 2. The first-order chi connectivity index (χ1) is 15.7. The lowest BCUT2D eigenvalue weighted by Crippen LogP contribution is -2.25. The van der Waals surface area contributed by atoms with E-state index in [1.54, 1.807) is 41.8 Å². The second-order valence-corrected chi connectivity index (χ2v) is 8.47. The van der Waals surface area contributed by atoms with Crippen LogP contribution in [0.2, 0.25) is 5.02 Å². The van der Waals surface area contributed by atoms with Gasteiger partial charge in [-0.3, -0.25) is 14.4 Å². The number of amides is 1. The van der Waals surface area contributed by atoms with Crippen LogP contribution >= 0.6 is 11.6 Å². The number of anilines is 1. The van der Waals surface area contributed by atoms with E-state index in [0.29, 0.717) is 27.6 Å². The maximum Gasteiger partial charge on any atom is 0.244 e. The van der Waals surface area contributed by atoms with E-state index in [1.165, 1.54) is 12.3 Å². The third kappa shape index (κ3) is 4.71. The standard InChI is InChI=1S/C26H22ClN3O3/c1-15-7-8-16(2)22(11-15)29-23(31)14-30-13-21(24(32)18-5-4-6-19(27)12-18)25(33)20-10-9-17(3)28-26(20)30/h4-13H,14H2,1-3H3,(H,29,31). The van der Waals surface area contributed by atoms with Crippen molar-refractivity contribution in [2.45, 2.75) is 27.3 Å². The number of pyridine rings is 2. The van der Waals surface area contributed by atoms with Gasteiger partial charge in [0.1, 0.15) is 12.2 Å². The zero-order valence-electron chi connectivity index (χ0n) is 18.5. The van der Waals surface area contributed by atoms with Gasteiger partial charge in [-0.05, 0) is 62.2 Å². The number of benzene rings is 2. The first-order valence-corrected chi connectivity index (χ1v) is 10.8. The summed E-state index contributed by atoms with van der Waals surface area (Å²) in [7, 11) is 0. The third-order valence-electron chi connectivity index (χ3n) is 5.37. The predicted molar refractivity (Wildman–Crippen MR) is 130 cm³/mol. The zero-order chi connectivity index (χ0) is 23.7. The van der Waals surface area contributed by atoms with E-state index >= 15 is 0 Å². The van der Waals surface area contributed by atoms with Crippen LogP contribution in [0.4, 0.5) is 5.69 Å². The van der Waals surface area contributed by atoms with Gasteiger partial charge >= 0.3 is 0 Å². The van der Waals surface area contributed by atoms with Crippen LogP contribution < -0.4 is 10.7 Å². The molecule has 0 atom stereocenters. The van der Waals surface area contributed by atoms with Crippen molar-refractivity contribution >= 4 is 40.0 Å². The average Bonchev–Trinajstić information content (AvgIpc) is 2.77. The van der Waals surface area contributed by atoms with Crippen molar-refractivity contribution in [2.75, 3.05) is 5.32 Å². The summed E-state index contributed by atoms with van der Waals surface area (Å²) in [5, 5.41) is 3.58. The lowest BCUT2D eigenvalue weighted by atomic mass is 10.0. The van der Waals surface area contributed by atoms with E-state index in [4.69, 9.17) is 11.6 Å². The lowest BCUT2D eigenvalue weighted by Gasteiger charge is -2.14. The summed E-state index contributed by atoms with van der Waals surface area (Å²) in [4.78, 5) is 43.7. The maximum atomic E-state index is 13.1. The molecule has 1 N–H and O–H groups in total. The van der Waals surface area contributed by atoms with Gasteiger partial charge in [-0.15, -0.1) is 0 Å². The Bertz CT molecular complexity index is 1470. The largest absolute Gasteiger partial charge is 0.324 e. The number of fused-ring (bicyclic) bond motifs is 1. The van der Waals surface area contributed by atoms with Crippen LogP contribution in [0.5, 0.6) is 0 Å². The molecule has 1 amide bonds. The zero-order valence-corrected chi connectivity index (χ0v) is 19.2. The molecule has 0 spiro atoms. The van der Waals surface area contributed by atoms with Gasteiger partial charge in [0, 0.05) is 28.2 Å². The van der Waals surface area contributed by atoms with E-state index in [1.807, 2.05) is 32.0 Å².